The average Bonchev–Trinajstić information content (AvgIpc) is 3.52. The Morgan fingerprint density at radius 2 is 1.94 bits per heavy atom. The first-order chi connectivity index (χ1) is 17.0. The number of rotatable bonds is 6. The summed E-state index contributed by atoms with van der Waals surface area (Å²) in [6.45, 7) is 3.91. The number of carbonyl (C=O) groups is 3. The number of ketones is 1. The summed E-state index contributed by atoms with van der Waals surface area (Å²) in [5.41, 5.74) is 1.40. The highest BCUT2D eigenvalue weighted by Gasteiger charge is 2.60. The van der Waals surface area contributed by atoms with Gasteiger partial charge in [0.05, 0.1) is 23.0 Å². The molecule has 2 amide bonds. The summed E-state index contributed by atoms with van der Waals surface area (Å²) in [4.78, 5) is 39.6. The van der Waals surface area contributed by atoms with Crippen molar-refractivity contribution in [1.29, 1.82) is 0 Å². The van der Waals surface area contributed by atoms with Crippen LogP contribution >= 0.6 is 11.6 Å². The highest BCUT2D eigenvalue weighted by Crippen LogP contribution is 2.51. The number of hydrogen-bond acceptors (Lipinski definition) is 5. The van der Waals surface area contributed by atoms with E-state index in [0.717, 1.165) is 5.56 Å². The van der Waals surface area contributed by atoms with E-state index < -0.39 is 41.9 Å². The van der Waals surface area contributed by atoms with Gasteiger partial charge in [-0.1, -0.05) is 17.7 Å². The van der Waals surface area contributed by atoms with Crippen molar-refractivity contribution in [3.63, 3.8) is 0 Å². The number of anilines is 1. The summed E-state index contributed by atoms with van der Waals surface area (Å²) in [7, 11) is 0. The number of aryl methyl sites for hydroxylation is 1. The Morgan fingerprint density at radius 1 is 1.19 bits per heavy atom. The van der Waals surface area contributed by atoms with Crippen molar-refractivity contribution in [3.05, 3.63) is 63.2 Å². The predicted molar refractivity (Wildman–Crippen MR) is 126 cm³/mol. The zero-order chi connectivity index (χ0) is 25.8. The maximum Gasteiger partial charge on any atom is 0.294 e. The Hall–Kier alpha value is -3.60. The number of halogens is 3. The molecule has 2 aromatic heterocycles. The fraction of sp³-hybridized carbons (Fsp3) is 0.375. The van der Waals surface area contributed by atoms with Gasteiger partial charge in [0.15, 0.2) is 0 Å². The smallest absolute Gasteiger partial charge is 0.294 e. The molecular formula is C24H23ClF2N6O3. The molecule has 1 aromatic carbocycles. The van der Waals surface area contributed by atoms with Gasteiger partial charge in [0.1, 0.15) is 5.69 Å². The number of amides is 2. The molecule has 0 atom stereocenters. The minimum absolute atomic E-state index is 0.0773. The summed E-state index contributed by atoms with van der Waals surface area (Å²) >= 11 is 6.17. The van der Waals surface area contributed by atoms with E-state index in [4.69, 9.17) is 11.6 Å². The lowest BCUT2D eigenvalue weighted by molar-refractivity contribution is -0.148. The molecule has 3 heterocycles. The second-order valence-corrected chi connectivity index (χ2v) is 9.81. The first kappa shape index (κ1) is 24.1. The summed E-state index contributed by atoms with van der Waals surface area (Å²) in [6.07, 6.45) is 1.12. The van der Waals surface area contributed by atoms with E-state index in [9.17, 15) is 23.2 Å². The normalized spacial score (nSPS) is 17.2. The standard InChI is InChI=1S/C24H23ClF2N6O3/c1-12-5-6-14(8-15(12)25)29-21(35)18-13(2)19(33-7-3-4-16(18)33)20(34)22(36)30-23(10-24(26,27)11-23)17-9-28-32-31-17/h5-6,8-9H,3-4,7,10-11H2,1-2H3,(H,29,35)(H,30,36)(H,28,31,32). The van der Waals surface area contributed by atoms with Crippen LogP contribution < -0.4 is 10.6 Å². The van der Waals surface area contributed by atoms with Crippen molar-refractivity contribution in [1.82, 2.24) is 25.3 Å². The highest BCUT2D eigenvalue weighted by atomic mass is 35.5. The largest absolute Gasteiger partial charge is 0.341 e. The topological polar surface area (TPSA) is 122 Å². The number of hydrogen-bond donors (Lipinski definition) is 3. The van der Waals surface area contributed by atoms with Crippen LogP contribution in [0.4, 0.5) is 14.5 Å². The molecule has 0 radical (unpaired) electrons. The van der Waals surface area contributed by atoms with E-state index in [1.807, 2.05) is 6.92 Å². The molecule has 0 unspecified atom stereocenters. The molecule has 0 spiro atoms. The van der Waals surface area contributed by atoms with Crippen LogP contribution in [-0.4, -0.2) is 43.5 Å². The van der Waals surface area contributed by atoms with Gasteiger partial charge in [-0.2, -0.15) is 15.4 Å². The third-order valence-electron chi connectivity index (χ3n) is 6.87. The molecule has 1 aliphatic heterocycles. The second kappa shape index (κ2) is 8.51. The summed E-state index contributed by atoms with van der Waals surface area (Å²) in [5, 5.41) is 15.6. The Balaban J connectivity index is 1.43. The van der Waals surface area contributed by atoms with Crippen LogP contribution in [0.15, 0.2) is 24.4 Å². The quantitative estimate of drug-likeness (QED) is 0.341. The van der Waals surface area contributed by atoms with Crippen LogP contribution in [0.5, 0.6) is 0 Å². The van der Waals surface area contributed by atoms with Crippen LogP contribution in [0.3, 0.4) is 0 Å². The summed E-state index contributed by atoms with van der Waals surface area (Å²) in [5.74, 6) is -5.35. The Kier molecular flexibility index (Phi) is 5.70. The van der Waals surface area contributed by atoms with Crippen molar-refractivity contribution >= 4 is 34.9 Å². The molecule has 1 aliphatic carbocycles. The lowest BCUT2D eigenvalue weighted by Gasteiger charge is -2.46. The van der Waals surface area contributed by atoms with Crippen molar-refractivity contribution in [3.8, 4) is 0 Å². The molecule has 9 nitrogen and oxygen atoms in total. The van der Waals surface area contributed by atoms with E-state index in [-0.39, 0.29) is 11.4 Å². The van der Waals surface area contributed by atoms with Crippen LogP contribution in [-0.2, 0) is 23.3 Å². The van der Waals surface area contributed by atoms with E-state index in [0.29, 0.717) is 46.9 Å². The number of Topliss-reactive ketones (excluding diaryl/α,β-unsaturated/α-hetero) is 1. The van der Waals surface area contributed by atoms with E-state index in [1.54, 1.807) is 29.7 Å². The van der Waals surface area contributed by atoms with Crippen LogP contribution in [0.2, 0.25) is 5.02 Å². The minimum atomic E-state index is -2.99. The van der Waals surface area contributed by atoms with Gasteiger partial charge in [-0.05, 0) is 49.9 Å². The van der Waals surface area contributed by atoms with Gasteiger partial charge in [0, 0.05) is 35.8 Å². The molecule has 1 saturated carbocycles. The third-order valence-corrected chi connectivity index (χ3v) is 7.27. The Bertz CT molecular complexity index is 1390. The number of aromatic nitrogens is 4. The Labute approximate surface area is 209 Å². The van der Waals surface area contributed by atoms with Crippen LogP contribution in [0.1, 0.15) is 62.6 Å². The first-order valence-corrected chi connectivity index (χ1v) is 11.8. The fourth-order valence-corrected chi connectivity index (χ4v) is 5.34. The number of nitrogens with one attached hydrogen (secondary N) is 3. The van der Waals surface area contributed by atoms with Gasteiger partial charge in [0.25, 0.3) is 23.5 Å². The molecule has 3 aromatic rings. The number of benzene rings is 1. The molecular weight excluding hydrogens is 494 g/mol. The van der Waals surface area contributed by atoms with Crippen LogP contribution in [0, 0.1) is 13.8 Å². The van der Waals surface area contributed by atoms with Gasteiger partial charge in [-0.25, -0.2) is 8.78 Å². The number of alkyl halides is 2. The monoisotopic (exact) mass is 516 g/mol. The lowest BCUT2D eigenvalue weighted by Crippen LogP contribution is -2.61. The van der Waals surface area contributed by atoms with E-state index in [2.05, 4.69) is 26.0 Å². The van der Waals surface area contributed by atoms with Crippen molar-refractivity contribution in [2.24, 2.45) is 0 Å². The van der Waals surface area contributed by atoms with Gasteiger partial charge in [-0.15, -0.1) is 0 Å². The third kappa shape index (κ3) is 3.97. The molecule has 5 rings (SSSR count). The molecule has 0 saturated heterocycles. The fourth-order valence-electron chi connectivity index (χ4n) is 5.16. The zero-order valence-corrected chi connectivity index (χ0v) is 20.3. The SMILES string of the molecule is Cc1ccc(NC(=O)c2c(C)c(C(=O)C(=O)NC3(c4cn[nH]n4)CC(F)(F)C3)n3c2CCC3)cc1Cl. The van der Waals surface area contributed by atoms with Gasteiger partial charge in [-0.3, -0.25) is 14.4 Å². The summed E-state index contributed by atoms with van der Waals surface area (Å²) < 4.78 is 29.3. The highest BCUT2D eigenvalue weighted by molar-refractivity contribution is 6.43. The van der Waals surface area contributed by atoms with E-state index in [1.165, 1.54) is 6.20 Å². The molecule has 1 fully saturated rings. The van der Waals surface area contributed by atoms with Gasteiger partial charge >= 0.3 is 0 Å². The number of fused-ring (bicyclic) bond motifs is 1. The predicted octanol–water partition coefficient (Wildman–Crippen LogP) is 3.70. The molecule has 3 N–H and O–H groups in total. The number of carbonyl (C=O) groups excluding carboxylic acids is 3. The van der Waals surface area contributed by atoms with Gasteiger partial charge in [0.2, 0.25) is 0 Å². The molecule has 0 bridgehead atoms. The van der Waals surface area contributed by atoms with E-state index >= 15 is 0 Å². The maximum atomic E-state index is 13.8. The molecule has 2 aliphatic rings. The first-order valence-electron chi connectivity index (χ1n) is 11.4. The molecule has 36 heavy (non-hydrogen) atoms. The average molecular weight is 517 g/mol. The molecule has 12 heteroatoms. The number of aromatic amines is 1. The number of H-pyrrole nitrogens is 1. The summed E-state index contributed by atoms with van der Waals surface area (Å²) in [6, 6.07) is 5.14. The van der Waals surface area contributed by atoms with Crippen molar-refractivity contribution in [2.45, 2.75) is 57.5 Å². The lowest BCUT2D eigenvalue weighted by atomic mass is 9.71. The minimum Gasteiger partial charge on any atom is -0.341 e. The maximum absolute atomic E-state index is 13.8. The van der Waals surface area contributed by atoms with Gasteiger partial charge < -0.3 is 15.2 Å². The number of nitrogens with zero attached hydrogens (tertiary/aromatic N) is 3. The van der Waals surface area contributed by atoms with Crippen molar-refractivity contribution < 1.29 is 23.2 Å². The van der Waals surface area contributed by atoms with Crippen molar-refractivity contribution in [2.75, 3.05) is 5.32 Å². The van der Waals surface area contributed by atoms with Crippen LogP contribution in [0.25, 0.3) is 0 Å². The Morgan fingerprint density at radius 3 is 2.58 bits per heavy atom. The second-order valence-electron chi connectivity index (χ2n) is 9.40. The molecule has 188 valence electrons. The zero-order valence-electron chi connectivity index (χ0n) is 19.5.